The Morgan fingerprint density at radius 3 is 2.67 bits per heavy atom. The molecule has 0 fully saturated rings. The quantitative estimate of drug-likeness (QED) is 0.655. The number of ether oxygens (including phenoxy) is 1. The fourth-order valence-corrected chi connectivity index (χ4v) is 2.57. The van der Waals surface area contributed by atoms with Crippen LogP contribution in [0.3, 0.4) is 0 Å². The molecule has 1 aromatic carbocycles. The Morgan fingerprint density at radius 2 is 1.96 bits per heavy atom. The molecule has 5 nitrogen and oxygen atoms in total. The van der Waals surface area contributed by atoms with E-state index in [1.807, 2.05) is 23.9 Å². The molecule has 24 heavy (non-hydrogen) atoms. The van der Waals surface area contributed by atoms with Crippen molar-refractivity contribution in [2.45, 2.75) is 19.9 Å². The van der Waals surface area contributed by atoms with Crippen LogP contribution in [-0.2, 0) is 13.0 Å². The first kappa shape index (κ1) is 15.9. The van der Waals surface area contributed by atoms with Crippen LogP contribution in [0.4, 0.5) is 0 Å². The van der Waals surface area contributed by atoms with Crippen LogP contribution in [0.2, 0.25) is 0 Å². The van der Waals surface area contributed by atoms with Crippen LogP contribution in [-0.4, -0.2) is 22.7 Å². The number of benzene rings is 2. The highest BCUT2D eigenvalue weighted by Gasteiger charge is 2.10. The number of aromatic nitrogens is 2. The summed E-state index contributed by atoms with van der Waals surface area (Å²) in [6.07, 6.45) is 3.49. The van der Waals surface area contributed by atoms with Gasteiger partial charge in [0.15, 0.2) is 5.43 Å². The zero-order chi connectivity index (χ0) is 16.9. The molecule has 0 atom stereocenters. The third kappa shape index (κ3) is 3.51. The maximum absolute atomic E-state index is 11.5. The molecule has 0 aromatic heterocycles. The van der Waals surface area contributed by atoms with E-state index < -0.39 is 0 Å². The molecule has 1 aromatic rings. The van der Waals surface area contributed by atoms with Crippen molar-refractivity contribution in [3.05, 3.63) is 70.1 Å². The summed E-state index contributed by atoms with van der Waals surface area (Å²) in [5.41, 5.74) is 3.43. The van der Waals surface area contributed by atoms with Crippen LogP contribution in [0.15, 0.2) is 53.5 Å². The molecule has 0 bridgehead atoms. The van der Waals surface area contributed by atoms with Crippen molar-refractivity contribution in [1.82, 2.24) is 9.78 Å². The molecule has 0 unspecified atom stereocenters. The number of aryl methyl sites for hydroxylation is 1. The van der Waals surface area contributed by atoms with Gasteiger partial charge < -0.3 is 4.74 Å². The van der Waals surface area contributed by atoms with Gasteiger partial charge in [-0.25, -0.2) is 0 Å². The Labute approximate surface area is 139 Å². The number of carbonyl (C=O) groups excluding carboxylic acids is 1. The summed E-state index contributed by atoms with van der Waals surface area (Å²) in [5, 5.41) is 4.57. The lowest BCUT2D eigenvalue weighted by Crippen LogP contribution is -2.15. The van der Waals surface area contributed by atoms with Crippen LogP contribution < -0.4 is 10.2 Å². The van der Waals surface area contributed by atoms with Gasteiger partial charge in [-0.15, -0.1) is 0 Å². The Morgan fingerprint density at radius 1 is 1.17 bits per heavy atom. The molecule has 5 heteroatoms. The van der Waals surface area contributed by atoms with Gasteiger partial charge in [-0.2, -0.15) is 5.10 Å². The summed E-state index contributed by atoms with van der Waals surface area (Å²) in [5.74, 6) is 0.716. The van der Waals surface area contributed by atoms with Crippen LogP contribution in [0.1, 0.15) is 23.0 Å². The molecule has 0 spiro atoms. The van der Waals surface area contributed by atoms with E-state index in [4.69, 9.17) is 4.74 Å². The van der Waals surface area contributed by atoms with E-state index in [1.54, 1.807) is 36.4 Å². The molecule has 0 N–H and O–H groups in total. The second kappa shape index (κ2) is 7.08. The molecule has 122 valence electrons. The van der Waals surface area contributed by atoms with Crippen molar-refractivity contribution in [3.63, 3.8) is 0 Å². The highest BCUT2D eigenvalue weighted by molar-refractivity contribution is 5.74. The normalized spacial score (nSPS) is 10.7. The zero-order valence-electron chi connectivity index (χ0n) is 13.4. The molecule has 1 aliphatic carbocycles. The second-order valence-corrected chi connectivity index (χ2v) is 5.48. The average molecular weight is 322 g/mol. The first-order chi connectivity index (χ1) is 11.7. The summed E-state index contributed by atoms with van der Waals surface area (Å²) >= 11 is 0. The van der Waals surface area contributed by atoms with Gasteiger partial charge in [0.2, 0.25) is 0 Å². The van der Waals surface area contributed by atoms with Gasteiger partial charge in [0, 0.05) is 22.9 Å². The minimum absolute atomic E-state index is 0.00106. The number of aldehydes is 1. The Balaban J connectivity index is 1.73. The third-order valence-electron chi connectivity index (χ3n) is 3.81. The SMILES string of the molecule is CCc1nn(CCOc2ccc(C=O)cc2)cc2ccc(=O)cc1-2. The fraction of sp³-hybridized carbons (Fsp3) is 0.211. The van der Waals surface area contributed by atoms with Crippen molar-refractivity contribution < 1.29 is 9.53 Å². The van der Waals surface area contributed by atoms with E-state index in [2.05, 4.69) is 5.10 Å². The minimum atomic E-state index is -0.00106. The molecular formula is C19H18N2O3. The first-order valence-electron chi connectivity index (χ1n) is 7.88. The van der Waals surface area contributed by atoms with Crippen molar-refractivity contribution in [3.8, 4) is 16.9 Å². The summed E-state index contributed by atoms with van der Waals surface area (Å²) in [4.78, 5) is 22.2. The predicted molar refractivity (Wildman–Crippen MR) is 91.8 cm³/mol. The van der Waals surface area contributed by atoms with E-state index in [9.17, 15) is 9.59 Å². The van der Waals surface area contributed by atoms with E-state index >= 15 is 0 Å². The van der Waals surface area contributed by atoms with E-state index in [0.717, 1.165) is 29.5 Å². The van der Waals surface area contributed by atoms with Gasteiger partial charge in [-0.3, -0.25) is 14.3 Å². The molecule has 1 heterocycles. The number of nitrogens with zero attached hydrogens (tertiary/aromatic N) is 2. The van der Waals surface area contributed by atoms with Crippen LogP contribution in [0, 0.1) is 0 Å². The summed E-state index contributed by atoms with van der Waals surface area (Å²) in [6.45, 7) is 3.08. The minimum Gasteiger partial charge on any atom is -0.492 e. The highest BCUT2D eigenvalue weighted by Crippen LogP contribution is 2.22. The van der Waals surface area contributed by atoms with Crippen LogP contribution >= 0.6 is 0 Å². The topological polar surface area (TPSA) is 61.2 Å². The van der Waals surface area contributed by atoms with Crippen molar-refractivity contribution in [2.24, 2.45) is 0 Å². The van der Waals surface area contributed by atoms with Crippen molar-refractivity contribution in [1.29, 1.82) is 0 Å². The van der Waals surface area contributed by atoms with Gasteiger partial charge in [0.25, 0.3) is 0 Å². The molecule has 0 saturated carbocycles. The Hall–Kier alpha value is -2.95. The van der Waals surface area contributed by atoms with Gasteiger partial charge in [-0.1, -0.05) is 6.92 Å². The molecule has 2 aliphatic rings. The van der Waals surface area contributed by atoms with Gasteiger partial charge in [0.05, 0.1) is 12.2 Å². The summed E-state index contributed by atoms with van der Waals surface area (Å²) < 4.78 is 7.53. The van der Waals surface area contributed by atoms with E-state index in [1.165, 1.54) is 0 Å². The maximum Gasteiger partial charge on any atom is 0.179 e. The lowest BCUT2D eigenvalue weighted by molar-refractivity contribution is 0.112. The Kier molecular flexibility index (Phi) is 4.70. The first-order valence-corrected chi connectivity index (χ1v) is 7.88. The lowest BCUT2D eigenvalue weighted by Gasteiger charge is -2.15. The molecular weight excluding hydrogens is 304 g/mol. The molecule has 3 rings (SSSR count). The predicted octanol–water partition coefficient (Wildman–Crippen LogP) is 2.80. The summed E-state index contributed by atoms with van der Waals surface area (Å²) in [7, 11) is 0. The number of fused-ring (bicyclic) bond motifs is 1. The van der Waals surface area contributed by atoms with Crippen LogP contribution in [0.25, 0.3) is 11.1 Å². The number of hydrogen-bond donors (Lipinski definition) is 0. The fourth-order valence-electron chi connectivity index (χ4n) is 2.57. The largest absolute Gasteiger partial charge is 0.492 e. The Bertz CT molecular complexity index is 869. The van der Waals surface area contributed by atoms with E-state index in [0.29, 0.717) is 24.5 Å². The zero-order valence-corrected chi connectivity index (χ0v) is 13.4. The van der Waals surface area contributed by atoms with Gasteiger partial charge in [0.1, 0.15) is 18.6 Å². The average Bonchev–Trinajstić information content (AvgIpc) is 2.62. The van der Waals surface area contributed by atoms with Crippen molar-refractivity contribution in [2.75, 3.05) is 6.61 Å². The smallest absolute Gasteiger partial charge is 0.179 e. The number of hydrogen-bond acceptors (Lipinski definition) is 4. The van der Waals surface area contributed by atoms with Crippen LogP contribution in [0.5, 0.6) is 5.75 Å². The third-order valence-corrected chi connectivity index (χ3v) is 3.81. The molecule has 1 aliphatic heterocycles. The standard InChI is InChI=1S/C19H18N2O3/c1-2-19-18-11-16(23)6-5-15(18)12-21(20-19)9-10-24-17-7-3-14(13-22)4-8-17/h3-8,11-13H,2,9-10H2,1H3. The second-order valence-electron chi connectivity index (χ2n) is 5.48. The van der Waals surface area contributed by atoms with Gasteiger partial charge in [-0.05, 0) is 48.9 Å². The monoisotopic (exact) mass is 322 g/mol. The number of rotatable bonds is 6. The lowest BCUT2D eigenvalue weighted by atomic mass is 10.0. The van der Waals surface area contributed by atoms with Gasteiger partial charge >= 0.3 is 0 Å². The van der Waals surface area contributed by atoms with Crippen molar-refractivity contribution >= 4 is 6.29 Å². The summed E-state index contributed by atoms with van der Waals surface area (Å²) in [6, 6.07) is 12.0. The number of carbonyl (C=O) groups is 1. The highest BCUT2D eigenvalue weighted by atomic mass is 16.5. The maximum atomic E-state index is 11.5. The molecule has 0 saturated heterocycles. The molecule has 0 radical (unpaired) electrons. The van der Waals surface area contributed by atoms with E-state index in [-0.39, 0.29) is 5.43 Å². The molecule has 0 amide bonds.